The van der Waals surface area contributed by atoms with Crippen molar-refractivity contribution in [2.75, 3.05) is 13.2 Å². The molecule has 0 saturated heterocycles. The molecular formula is C29H46NO6P. The number of hydrogen-bond donors (Lipinski definition) is 3. The number of hydrogen-bond acceptors (Lipinski definition) is 4. The first-order valence-electron chi connectivity index (χ1n) is 13.6. The van der Waals surface area contributed by atoms with Crippen LogP contribution in [0.2, 0.25) is 0 Å². The number of terminal acetylenes is 1. The largest absolute Gasteiger partial charge is 0.481 e. The SMILES string of the molecule is C#CCOc1ccc(C[C@@H](COP(=O)(O)O)NC(=O)CCCCCC/C=C\CCCCCCCC)cc1. The average molecular weight is 536 g/mol. The van der Waals surface area contributed by atoms with Crippen molar-refractivity contribution >= 4 is 13.7 Å². The molecule has 0 radical (unpaired) electrons. The fourth-order valence-electron chi connectivity index (χ4n) is 3.95. The minimum absolute atomic E-state index is 0.146. The number of carbonyl (C=O) groups excluding carboxylic acids is 1. The summed E-state index contributed by atoms with van der Waals surface area (Å²) >= 11 is 0. The molecule has 1 amide bonds. The van der Waals surface area contributed by atoms with Crippen molar-refractivity contribution < 1.29 is 28.4 Å². The molecule has 0 heterocycles. The summed E-state index contributed by atoms with van der Waals surface area (Å²) < 4.78 is 21.2. The summed E-state index contributed by atoms with van der Waals surface area (Å²) in [4.78, 5) is 30.6. The average Bonchev–Trinajstić information content (AvgIpc) is 2.86. The molecule has 0 aliphatic rings. The van der Waals surface area contributed by atoms with E-state index in [1.165, 1.54) is 44.9 Å². The van der Waals surface area contributed by atoms with Gasteiger partial charge in [-0.2, -0.15) is 0 Å². The second kappa shape index (κ2) is 20.9. The first-order chi connectivity index (χ1) is 17.8. The van der Waals surface area contributed by atoms with Gasteiger partial charge in [0.25, 0.3) is 0 Å². The van der Waals surface area contributed by atoms with Gasteiger partial charge in [-0.25, -0.2) is 4.57 Å². The van der Waals surface area contributed by atoms with E-state index in [1.54, 1.807) is 12.1 Å². The maximum atomic E-state index is 12.4. The Labute approximate surface area is 223 Å². The molecule has 0 saturated carbocycles. The summed E-state index contributed by atoms with van der Waals surface area (Å²) in [6.45, 7) is 2.13. The van der Waals surface area contributed by atoms with Crippen molar-refractivity contribution in [2.24, 2.45) is 0 Å². The Morgan fingerprint density at radius 2 is 1.59 bits per heavy atom. The van der Waals surface area contributed by atoms with Crippen LogP contribution in [0.5, 0.6) is 5.75 Å². The Morgan fingerprint density at radius 3 is 2.19 bits per heavy atom. The zero-order valence-corrected chi connectivity index (χ0v) is 23.3. The quantitative estimate of drug-likeness (QED) is 0.0679. The molecule has 37 heavy (non-hydrogen) atoms. The predicted octanol–water partition coefficient (Wildman–Crippen LogP) is 6.48. The molecule has 0 aliphatic carbocycles. The van der Waals surface area contributed by atoms with Crippen LogP contribution in [0.3, 0.4) is 0 Å². The molecule has 0 unspecified atom stereocenters. The van der Waals surface area contributed by atoms with Crippen LogP contribution in [0.4, 0.5) is 0 Å². The number of phosphoric acid groups is 1. The van der Waals surface area contributed by atoms with E-state index in [0.717, 1.165) is 37.7 Å². The van der Waals surface area contributed by atoms with E-state index in [9.17, 15) is 9.36 Å². The molecule has 208 valence electrons. The number of unbranched alkanes of at least 4 members (excludes halogenated alkanes) is 10. The Kier molecular flexibility index (Phi) is 18.6. The summed E-state index contributed by atoms with van der Waals surface area (Å²) in [7, 11) is -4.64. The molecule has 0 aromatic heterocycles. The summed E-state index contributed by atoms with van der Waals surface area (Å²) in [5.74, 6) is 2.88. The zero-order chi connectivity index (χ0) is 27.2. The third-order valence-electron chi connectivity index (χ3n) is 5.95. The van der Waals surface area contributed by atoms with Crippen LogP contribution in [-0.2, 0) is 20.3 Å². The smallest absolute Gasteiger partial charge is 0.469 e. The standard InChI is InChI=1S/C29H46NO6P/c1-3-5-6-7-8-9-10-11-12-13-14-15-16-17-18-29(31)30-27(25-36-37(32,33)34)24-26-19-21-28(22-20-26)35-23-4-2/h2,11-12,19-22,27H,3,5-10,13-18,23-25H2,1H3,(H,30,31)(H2,32,33,34)/b12-11-/t27-/m0/s1. The molecule has 0 bridgehead atoms. The summed E-state index contributed by atoms with van der Waals surface area (Å²) in [6.07, 6.45) is 24.7. The third-order valence-corrected chi connectivity index (χ3v) is 6.44. The lowest BCUT2D eigenvalue weighted by Gasteiger charge is -2.19. The maximum absolute atomic E-state index is 12.4. The topological polar surface area (TPSA) is 105 Å². The van der Waals surface area contributed by atoms with E-state index in [-0.39, 0.29) is 19.1 Å². The lowest BCUT2D eigenvalue weighted by atomic mass is 10.1. The highest BCUT2D eigenvalue weighted by Crippen LogP contribution is 2.35. The van der Waals surface area contributed by atoms with Gasteiger partial charge >= 0.3 is 7.82 Å². The molecule has 8 heteroatoms. The van der Waals surface area contributed by atoms with E-state index in [4.69, 9.17) is 20.9 Å². The van der Waals surface area contributed by atoms with Crippen LogP contribution in [-0.4, -0.2) is 34.9 Å². The molecule has 0 spiro atoms. The Hall–Kier alpha value is -2.10. The minimum atomic E-state index is -4.64. The number of carbonyl (C=O) groups is 1. The van der Waals surface area contributed by atoms with Gasteiger partial charge in [0.05, 0.1) is 12.6 Å². The number of ether oxygens (including phenoxy) is 1. The van der Waals surface area contributed by atoms with Gasteiger partial charge in [-0.05, 0) is 56.2 Å². The van der Waals surface area contributed by atoms with Gasteiger partial charge in [0.2, 0.25) is 5.91 Å². The van der Waals surface area contributed by atoms with Gasteiger partial charge in [0, 0.05) is 6.42 Å². The van der Waals surface area contributed by atoms with Crippen LogP contribution in [0.15, 0.2) is 36.4 Å². The minimum Gasteiger partial charge on any atom is -0.481 e. The van der Waals surface area contributed by atoms with Crippen molar-refractivity contribution in [1.82, 2.24) is 5.32 Å². The van der Waals surface area contributed by atoms with Crippen molar-refractivity contribution in [3.05, 3.63) is 42.0 Å². The van der Waals surface area contributed by atoms with Crippen molar-refractivity contribution in [3.63, 3.8) is 0 Å². The predicted molar refractivity (Wildman–Crippen MR) is 149 cm³/mol. The van der Waals surface area contributed by atoms with Crippen molar-refractivity contribution in [1.29, 1.82) is 0 Å². The lowest BCUT2D eigenvalue weighted by Crippen LogP contribution is -2.39. The second-order valence-corrected chi connectivity index (χ2v) is 10.6. The number of amides is 1. The first-order valence-corrected chi connectivity index (χ1v) is 15.2. The number of rotatable bonds is 22. The van der Waals surface area contributed by atoms with E-state index in [0.29, 0.717) is 18.6 Å². The number of nitrogens with one attached hydrogen (secondary N) is 1. The monoisotopic (exact) mass is 535 g/mol. The van der Waals surface area contributed by atoms with E-state index < -0.39 is 13.9 Å². The Balaban J connectivity index is 2.28. The van der Waals surface area contributed by atoms with E-state index in [1.807, 2.05) is 12.1 Å². The summed E-state index contributed by atoms with van der Waals surface area (Å²) in [5, 5.41) is 2.86. The van der Waals surface area contributed by atoms with Crippen molar-refractivity contribution in [2.45, 2.75) is 103 Å². The molecule has 1 aromatic rings. The van der Waals surface area contributed by atoms with Gasteiger partial charge in [0.15, 0.2) is 0 Å². The van der Waals surface area contributed by atoms with Gasteiger partial charge < -0.3 is 19.8 Å². The van der Waals surface area contributed by atoms with Gasteiger partial charge in [-0.3, -0.25) is 9.32 Å². The second-order valence-electron chi connectivity index (χ2n) is 9.37. The van der Waals surface area contributed by atoms with Gasteiger partial charge in [-0.15, -0.1) is 6.42 Å². The highest BCUT2D eigenvalue weighted by Gasteiger charge is 2.20. The molecule has 1 atom stereocenters. The molecular weight excluding hydrogens is 489 g/mol. The number of benzene rings is 1. The zero-order valence-electron chi connectivity index (χ0n) is 22.4. The maximum Gasteiger partial charge on any atom is 0.469 e. The van der Waals surface area contributed by atoms with E-state index >= 15 is 0 Å². The molecule has 0 fully saturated rings. The van der Waals surface area contributed by atoms with Gasteiger partial charge in [-0.1, -0.05) is 82.1 Å². The van der Waals surface area contributed by atoms with Crippen LogP contribution in [0, 0.1) is 12.3 Å². The first kappa shape index (κ1) is 32.9. The van der Waals surface area contributed by atoms with Crippen molar-refractivity contribution in [3.8, 4) is 18.1 Å². The van der Waals surface area contributed by atoms with E-state index in [2.05, 4.69) is 34.8 Å². The number of allylic oxidation sites excluding steroid dienone is 2. The summed E-state index contributed by atoms with van der Waals surface area (Å²) in [5.41, 5.74) is 0.872. The molecule has 0 aliphatic heterocycles. The Morgan fingerprint density at radius 1 is 1.00 bits per heavy atom. The van der Waals surface area contributed by atoms with Crippen LogP contribution >= 0.6 is 7.82 Å². The fourth-order valence-corrected chi connectivity index (χ4v) is 4.32. The van der Waals surface area contributed by atoms with Crippen LogP contribution < -0.4 is 10.1 Å². The van der Waals surface area contributed by atoms with Gasteiger partial charge in [0.1, 0.15) is 12.4 Å². The highest BCUT2D eigenvalue weighted by atomic mass is 31.2. The highest BCUT2D eigenvalue weighted by molar-refractivity contribution is 7.46. The lowest BCUT2D eigenvalue weighted by molar-refractivity contribution is -0.122. The van der Waals surface area contributed by atoms with Crippen LogP contribution in [0.25, 0.3) is 0 Å². The third kappa shape index (κ3) is 19.6. The number of phosphoric ester groups is 1. The molecule has 3 N–H and O–H groups in total. The summed E-state index contributed by atoms with van der Waals surface area (Å²) in [6, 6.07) is 6.61. The Bertz CT molecular complexity index is 843. The molecule has 1 aromatic carbocycles. The molecule has 7 nitrogen and oxygen atoms in total. The fraction of sp³-hybridized carbons (Fsp3) is 0.621. The van der Waals surface area contributed by atoms with Crippen LogP contribution in [0.1, 0.15) is 96.0 Å². The normalized spacial score (nSPS) is 12.4. The molecule has 1 rings (SSSR count).